The van der Waals surface area contributed by atoms with Gasteiger partial charge in [-0.25, -0.2) is 4.57 Å². The zero-order valence-corrected chi connectivity index (χ0v) is 15.6. The molecular weight excluding hydrogens is 292 g/mol. The first-order valence-corrected chi connectivity index (χ1v) is 8.64. The van der Waals surface area contributed by atoms with Crippen LogP contribution in [0.4, 0.5) is 0 Å². The zero-order chi connectivity index (χ0) is 17.4. The Labute approximate surface area is 145 Å². The Bertz CT molecular complexity index is 862. The molecule has 3 aromatic rings. The maximum atomic E-state index is 2.34. The smallest absolute Gasteiger partial charge is 0.232 e. The van der Waals surface area contributed by atoms with Crippen molar-refractivity contribution in [1.29, 1.82) is 0 Å². The van der Waals surface area contributed by atoms with Gasteiger partial charge in [-0.3, -0.25) is 0 Å². The van der Waals surface area contributed by atoms with Crippen LogP contribution in [0.25, 0.3) is 17.1 Å². The van der Waals surface area contributed by atoms with Crippen LogP contribution in [0.5, 0.6) is 0 Å². The fourth-order valence-corrected chi connectivity index (χ4v) is 3.73. The van der Waals surface area contributed by atoms with Gasteiger partial charge in [0.05, 0.1) is 12.6 Å². The van der Waals surface area contributed by atoms with Gasteiger partial charge >= 0.3 is 0 Å². The largest absolute Gasteiger partial charge is 0.294 e. The highest BCUT2D eigenvalue weighted by Gasteiger charge is 2.24. The number of aromatic nitrogens is 2. The van der Waals surface area contributed by atoms with Crippen LogP contribution in [0.1, 0.15) is 42.0 Å². The first-order chi connectivity index (χ1) is 11.4. The van der Waals surface area contributed by atoms with E-state index >= 15 is 0 Å². The van der Waals surface area contributed by atoms with E-state index in [1.165, 1.54) is 39.3 Å². The minimum absolute atomic E-state index is 0.491. The Morgan fingerprint density at radius 2 is 1.58 bits per heavy atom. The molecule has 0 aliphatic carbocycles. The quantitative estimate of drug-likeness (QED) is 0.600. The normalized spacial score (nSPS) is 11.3. The predicted octanol–water partition coefficient (Wildman–Crippen LogP) is 5.02. The molecule has 1 heterocycles. The molecule has 0 aliphatic rings. The first-order valence-electron chi connectivity index (χ1n) is 8.64. The third kappa shape index (κ3) is 2.77. The second-order valence-corrected chi connectivity index (χ2v) is 7.09. The van der Waals surface area contributed by atoms with Gasteiger partial charge in [0.1, 0.15) is 18.1 Å². The van der Waals surface area contributed by atoms with Crippen molar-refractivity contribution in [2.75, 3.05) is 0 Å². The third-order valence-electron chi connectivity index (χ3n) is 4.70. The summed E-state index contributed by atoms with van der Waals surface area (Å²) < 4.78 is 4.56. The molecular formula is C22H27N2+. The molecule has 0 aliphatic heterocycles. The van der Waals surface area contributed by atoms with Gasteiger partial charge in [0.15, 0.2) is 0 Å². The molecule has 3 rings (SSSR count). The molecule has 2 heteroatoms. The molecule has 0 fully saturated rings. The molecule has 0 saturated heterocycles. The maximum absolute atomic E-state index is 2.34. The standard InChI is InChI=1S/C22H27N2/c1-15(2)19-9-7-8-10-20(19)22-23(6)11-12-24(22)21-17(4)13-16(3)14-18(21)5/h7-15H,1-6H3/q+1. The molecule has 124 valence electrons. The number of benzene rings is 2. The monoisotopic (exact) mass is 319 g/mol. The minimum atomic E-state index is 0.491. The Kier molecular flexibility index (Phi) is 4.31. The summed E-state index contributed by atoms with van der Waals surface area (Å²) in [7, 11) is 2.13. The van der Waals surface area contributed by atoms with Crippen molar-refractivity contribution >= 4 is 0 Å². The zero-order valence-electron chi connectivity index (χ0n) is 15.6. The molecule has 2 nitrogen and oxygen atoms in total. The average Bonchev–Trinajstić information content (AvgIpc) is 2.87. The van der Waals surface area contributed by atoms with Gasteiger partial charge in [-0.05, 0) is 49.4 Å². The lowest BCUT2D eigenvalue weighted by Crippen LogP contribution is -2.29. The van der Waals surface area contributed by atoms with E-state index in [9.17, 15) is 0 Å². The average molecular weight is 319 g/mol. The highest BCUT2D eigenvalue weighted by atomic mass is 15.1. The first kappa shape index (κ1) is 16.5. The molecule has 0 spiro atoms. The second kappa shape index (κ2) is 6.27. The molecule has 0 unspecified atom stereocenters. The summed E-state index contributed by atoms with van der Waals surface area (Å²) in [4.78, 5) is 0. The van der Waals surface area contributed by atoms with Crippen LogP contribution >= 0.6 is 0 Å². The molecule has 0 atom stereocenters. The van der Waals surface area contributed by atoms with E-state index < -0.39 is 0 Å². The highest BCUT2D eigenvalue weighted by molar-refractivity contribution is 5.63. The van der Waals surface area contributed by atoms with Crippen molar-refractivity contribution in [3.8, 4) is 17.1 Å². The van der Waals surface area contributed by atoms with Gasteiger partial charge in [0.25, 0.3) is 5.82 Å². The number of hydrogen-bond acceptors (Lipinski definition) is 0. The fourth-order valence-electron chi connectivity index (χ4n) is 3.73. The van der Waals surface area contributed by atoms with Crippen LogP contribution in [0.2, 0.25) is 0 Å². The number of hydrogen-bond donors (Lipinski definition) is 0. The summed E-state index contributed by atoms with van der Waals surface area (Å²) in [5.74, 6) is 1.72. The summed E-state index contributed by atoms with van der Waals surface area (Å²) in [6, 6.07) is 13.3. The van der Waals surface area contributed by atoms with Gasteiger partial charge in [0.2, 0.25) is 0 Å². The van der Waals surface area contributed by atoms with Crippen molar-refractivity contribution in [2.24, 2.45) is 7.05 Å². The SMILES string of the molecule is Cc1cc(C)c(-n2cc[n+](C)c2-c2ccccc2C(C)C)c(C)c1. The summed E-state index contributed by atoms with van der Waals surface area (Å²) in [5.41, 5.74) is 7.91. The minimum Gasteiger partial charge on any atom is -0.232 e. The molecule has 1 aromatic heterocycles. The molecule has 0 radical (unpaired) electrons. The van der Waals surface area contributed by atoms with Crippen LogP contribution in [-0.2, 0) is 7.05 Å². The number of aryl methyl sites for hydroxylation is 4. The summed E-state index contributed by atoms with van der Waals surface area (Å²) in [6.45, 7) is 11.1. The summed E-state index contributed by atoms with van der Waals surface area (Å²) >= 11 is 0. The van der Waals surface area contributed by atoms with Crippen molar-refractivity contribution in [3.05, 3.63) is 71.0 Å². The third-order valence-corrected chi connectivity index (χ3v) is 4.70. The van der Waals surface area contributed by atoms with Crippen molar-refractivity contribution < 1.29 is 4.57 Å². The van der Waals surface area contributed by atoms with E-state index in [1.807, 2.05) is 0 Å². The lowest BCUT2D eigenvalue weighted by molar-refractivity contribution is -0.659. The Morgan fingerprint density at radius 3 is 2.21 bits per heavy atom. The fraction of sp³-hybridized carbons (Fsp3) is 0.318. The molecule has 24 heavy (non-hydrogen) atoms. The Hall–Kier alpha value is -2.35. The molecule has 2 aromatic carbocycles. The van der Waals surface area contributed by atoms with Gasteiger partial charge in [-0.2, -0.15) is 4.57 Å². The van der Waals surface area contributed by atoms with Crippen molar-refractivity contribution in [1.82, 2.24) is 4.57 Å². The van der Waals surface area contributed by atoms with Gasteiger partial charge in [-0.1, -0.05) is 49.7 Å². The molecule has 0 amide bonds. The van der Waals surface area contributed by atoms with Crippen LogP contribution in [-0.4, -0.2) is 4.57 Å². The lowest BCUT2D eigenvalue weighted by atomic mass is 9.96. The second-order valence-electron chi connectivity index (χ2n) is 7.09. The van der Waals surface area contributed by atoms with Gasteiger partial charge in [0, 0.05) is 0 Å². The van der Waals surface area contributed by atoms with Gasteiger partial charge in [-0.15, -0.1) is 0 Å². The molecule has 0 bridgehead atoms. The van der Waals surface area contributed by atoms with Crippen molar-refractivity contribution in [2.45, 2.75) is 40.5 Å². The van der Waals surface area contributed by atoms with E-state index in [0.717, 1.165) is 0 Å². The topological polar surface area (TPSA) is 8.81 Å². The van der Waals surface area contributed by atoms with E-state index in [2.05, 4.69) is 99.6 Å². The van der Waals surface area contributed by atoms with E-state index in [0.29, 0.717) is 5.92 Å². The molecule has 0 N–H and O–H groups in total. The maximum Gasteiger partial charge on any atom is 0.294 e. The van der Waals surface area contributed by atoms with Crippen LogP contribution < -0.4 is 4.57 Å². The Morgan fingerprint density at radius 1 is 0.958 bits per heavy atom. The van der Waals surface area contributed by atoms with Crippen LogP contribution in [0, 0.1) is 20.8 Å². The summed E-state index contributed by atoms with van der Waals surface area (Å²) in [5, 5.41) is 0. The molecule has 0 saturated carbocycles. The number of imidazole rings is 1. The predicted molar refractivity (Wildman–Crippen MR) is 101 cm³/mol. The van der Waals surface area contributed by atoms with Gasteiger partial charge < -0.3 is 0 Å². The van der Waals surface area contributed by atoms with Crippen LogP contribution in [0.15, 0.2) is 48.8 Å². The van der Waals surface area contributed by atoms with Crippen molar-refractivity contribution in [3.63, 3.8) is 0 Å². The Balaban J connectivity index is 2.30. The van der Waals surface area contributed by atoms with E-state index in [-0.39, 0.29) is 0 Å². The highest BCUT2D eigenvalue weighted by Crippen LogP contribution is 2.30. The number of nitrogens with zero attached hydrogens (tertiary/aromatic N) is 2. The van der Waals surface area contributed by atoms with E-state index in [4.69, 9.17) is 0 Å². The number of rotatable bonds is 3. The summed E-state index contributed by atoms with van der Waals surface area (Å²) in [6.07, 6.45) is 4.32. The van der Waals surface area contributed by atoms with Crippen LogP contribution in [0.3, 0.4) is 0 Å². The lowest BCUT2D eigenvalue weighted by Gasteiger charge is -2.14. The van der Waals surface area contributed by atoms with E-state index in [1.54, 1.807) is 0 Å².